The van der Waals surface area contributed by atoms with Gasteiger partial charge in [0.15, 0.2) is 16.5 Å². The van der Waals surface area contributed by atoms with Gasteiger partial charge in [-0.1, -0.05) is 12.1 Å². The average Bonchev–Trinajstić information content (AvgIpc) is 3.26. The quantitative estimate of drug-likeness (QED) is 0.475. The highest BCUT2D eigenvalue weighted by Gasteiger charge is 2.14. The van der Waals surface area contributed by atoms with Gasteiger partial charge in [-0.3, -0.25) is 9.20 Å². The number of ether oxygens (including phenoxy) is 1. The van der Waals surface area contributed by atoms with Gasteiger partial charge in [0.2, 0.25) is 0 Å². The monoisotopic (exact) mass is 443 g/mol. The third-order valence-electron chi connectivity index (χ3n) is 4.04. The zero-order valence-corrected chi connectivity index (χ0v) is 16.5. The van der Waals surface area contributed by atoms with Crippen molar-refractivity contribution in [1.82, 2.24) is 9.38 Å². The van der Waals surface area contributed by atoms with E-state index in [0.29, 0.717) is 15.7 Å². The Bertz CT molecular complexity index is 1110. The van der Waals surface area contributed by atoms with Crippen molar-refractivity contribution in [2.45, 2.75) is 0 Å². The summed E-state index contributed by atoms with van der Waals surface area (Å²) in [6.07, 6.45) is 3.94. The lowest BCUT2D eigenvalue weighted by Gasteiger charge is -2.10. The number of aromatic nitrogens is 2. The summed E-state index contributed by atoms with van der Waals surface area (Å²) in [5.41, 5.74) is 2.88. The van der Waals surface area contributed by atoms with E-state index in [-0.39, 0.29) is 17.4 Å². The van der Waals surface area contributed by atoms with Crippen LogP contribution in [0.2, 0.25) is 0 Å². The second kappa shape index (κ2) is 7.05. The number of anilines is 1. The molecule has 0 saturated carbocycles. The van der Waals surface area contributed by atoms with Crippen LogP contribution in [0, 0.1) is 0 Å². The molecule has 4 rings (SSSR count). The van der Waals surface area contributed by atoms with Crippen LogP contribution in [0.3, 0.4) is 0 Å². The first-order valence-corrected chi connectivity index (χ1v) is 9.63. The Morgan fingerprint density at radius 1 is 1.30 bits per heavy atom. The Labute approximate surface area is 167 Å². The standard InChI is InChI=1S/C19H14BrN3O3S/c1-26-16-9-12(8-14(20)17(16)24)18(25)21-13-4-2-11(3-5-13)15-10-23-6-7-27-19(23)22-15/h2-10,24H,1H3,(H,21,25). The molecule has 2 aromatic heterocycles. The van der Waals surface area contributed by atoms with Crippen LogP contribution >= 0.6 is 27.3 Å². The topological polar surface area (TPSA) is 75.9 Å². The summed E-state index contributed by atoms with van der Waals surface area (Å²) in [6.45, 7) is 0. The van der Waals surface area contributed by atoms with Gasteiger partial charge in [0.05, 0.1) is 17.3 Å². The minimum absolute atomic E-state index is 0.0432. The number of nitrogens with one attached hydrogen (secondary N) is 1. The number of amides is 1. The maximum atomic E-state index is 12.5. The third-order valence-corrected chi connectivity index (χ3v) is 5.42. The lowest BCUT2D eigenvalue weighted by Crippen LogP contribution is -2.12. The van der Waals surface area contributed by atoms with E-state index < -0.39 is 0 Å². The molecule has 2 aromatic carbocycles. The summed E-state index contributed by atoms with van der Waals surface area (Å²) in [7, 11) is 1.43. The number of phenolic OH excluding ortho intramolecular Hbond substituents is 1. The zero-order valence-electron chi connectivity index (χ0n) is 14.1. The number of fused-ring (bicyclic) bond motifs is 1. The number of rotatable bonds is 4. The van der Waals surface area contributed by atoms with Crippen LogP contribution in [-0.4, -0.2) is 27.5 Å². The van der Waals surface area contributed by atoms with Crippen LogP contribution in [0.15, 0.2) is 58.6 Å². The van der Waals surface area contributed by atoms with Gasteiger partial charge in [-0.2, -0.15) is 0 Å². The van der Waals surface area contributed by atoms with Crippen molar-refractivity contribution in [3.05, 3.63) is 64.2 Å². The number of hydrogen-bond acceptors (Lipinski definition) is 5. The lowest BCUT2D eigenvalue weighted by atomic mass is 10.1. The molecule has 0 aliphatic rings. The van der Waals surface area contributed by atoms with Gasteiger partial charge in [0.25, 0.3) is 5.91 Å². The molecule has 0 aliphatic carbocycles. The molecule has 0 aliphatic heterocycles. The van der Waals surface area contributed by atoms with Gasteiger partial charge in [-0.05, 0) is 40.2 Å². The number of thiazole rings is 1. The zero-order chi connectivity index (χ0) is 19.0. The van der Waals surface area contributed by atoms with Gasteiger partial charge >= 0.3 is 0 Å². The normalized spacial score (nSPS) is 10.9. The van der Waals surface area contributed by atoms with E-state index in [1.54, 1.807) is 17.4 Å². The molecule has 4 aromatic rings. The highest BCUT2D eigenvalue weighted by Crippen LogP contribution is 2.35. The molecule has 27 heavy (non-hydrogen) atoms. The van der Waals surface area contributed by atoms with Crippen molar-refractivity contribution in [2.24, 2.45) is 0 Å². The van der Waals surface area contributed by atoms with E-state index in [0.717, 1.165) is 16.2 Å². The number of nitrogens with zero attached hydrogens (tertiary/aromatic N) is 2. The first-order chi connectivity index (χ1) is 13.0. The van der Waals surface area contributed by atoms with Gasteiger partial charge in [-0.25, -0.2) is 4.98 Å². The third kappa shape index (κ3) is 3.41. The Morgan fingerprint density at radius 3 is 2.78 bits per heavy atom. The largest absolute Gasteiger partial charge is 0.503 e. The molecule has 0 saturated heterocycles. The van der Waals surface area contributed by atoms with Gasteiger partial charge in [0, 0.05) is 34.6 Å². The molecule has 136 valence electrons. The predicted octanol–water partition coefficient (Wildman–Crippen LogP) is 4.79. The molecule has 0 fully saturated rings. The Kier molecular flexibility index (Phi) is 4.59. The van der Waals surface area contributed by atoms with Crippen molar-refractivity contribution < 1.29 is 14.6 Å². The van der Waals surface area contributed by atoms with Crippen molar-refractivity contribution in [3.8, 4) is 22.8 Å². The van der Waals surface area contributed by atoms with Crippen LogP contribution in [0.1, 0.15) is 10.4 Å². The minimum Gasteiger partial charge on any atom is -0.503 e. The number of imidazole rings is 1. The average molecular weight is 444 g/mol. The van der Waals surface area contributed by atoms with Gasteiger partial charge in [0.1, 0.15) is 0 Å². The first kappa shape index (κ1) is 17.6. The van der Waals surface area contributed by atoms with Crippen LogP contribution in [-0.2, 0) is 0 Å². The highest BCUT2D eigenvalue weighted by atomic mass is 79.9. The smallest absolute Gasteiger partial charge is 0.255 e. The Hall–Kier alpha value is -2.84. The molecule has 2 N–H and O–H groups in total. The van der Waals surface area contributed by atoms with Crippen molar-refractivity contribution in [2.75, 3.05) is 12.4 Å². The fourth-order valence-corrected chi connectivity index (χ4v) is 3.80. The highest BCUT2D eigenvalue weighted by molar-refractivity contribution is 9.10. The van der Waals surface area contributed by atoms with Crippen molar-refractivity contribution in [1.29, 1.82) is 0 Å². The van der Waals surface area contributed by atoms with Gasteiger partial charge in [-0.15, -0.1) is 11.3 Å². The van der Waals surface area contributed by atoms with Crippen LogP contribution < -0.4 is 10.1 Å². The molecule has 0 bridgehead atoms. The number of benzene rings is 2. The van der Waals surface area contributed by atoms with E-state index in [1.165, 1.54) is 13.2 Å². The van der Waals surface area contributed by atoms with Crippen LogP contribution in [0.5, 0.6) is 11.5 Å². The number of phenols is 1. The molecular weight excluding hydrogens is 430 g/mol. The van der Waals surface area contributed by atoms with Crippen molar-refractivity contribution in [3.63, 3.8) is 0 Å². The number of carbonyl (C=O) groups is 1. The summed E-state index contributed by atoms with van der Waals surface area (Å²) < 4.78 is 7.45. The number of methoxy groups -OCH3 is 1. The first-order valence-electron chi connectivity index (χ1n) is 7.95. The van der Waals surface area contributed by atoms with E-state index in [4.69, 9.17) is 4.74 Å². The van der Waals surface area contributed by atoms with Gasteiger partial charge < -0.3 is 15.2 Å². The molecular formula is C19H14BrN3O3S. The molecule has 1 amide bonds. The Balaban J connectivity index is 1.53. The van der Waals surface area contributed by atoms with Crippen LogP contribution in [0.25, 0.3) is 16.2 Å². The molecule has 2 heterocycles. The fourth-order valence-electron chi connectivity index (χ4n) is 2.65. The van der Waals surface area contributed by atoms with E-state index in [9.17, 15) is 9.90 Å². The molecule has 8 heteroatoms. The number of carbonyl (C=O) groups excluding carboxylic acids is 1. The maximum Gasteiger partial charge on any atom is 0.255 e. The second-order valence-electron chi connectivity index (χ2n) is 5.76. The fraction of sp³-hybridized carbons (Fsp3) is 0.0526. The Morgan fingerprint density at radius 2 is 2.07 bits per heavy atom. The predicted molar refractivity (Wildman–Crippen MR) is 109 cm³/mol. The maximum absolute atomic E-state index is 12.5. The molecule has 0 spiro atoms. The van der Waals surface area contributed by atoms with E-state index in [1.807, 2.05) is 46.4 Å². The summed E-state index contributed by atoms with van der Waals surface area (Å²) in [6, 6.07) is 10.5. The summed E-state index contributed by atoms with van der Waals surface area (Å²) in [5, 5.41) is 14.7. The van der Waals surface area contributed by atoms with E-state index >= 15 is 0 Å². The summed E-state index contributed by atoms with van der Waals surface area (Å²) >= 11 is 4.80. The summed E-state index contributed by atoms with van der Waals surface area (Å²) in [4.78, 5) is 18.0. The molecule has 6 nitrogen and oxygen atoms in total. The second-order valence-corrected chi connectivity index (χ2v) is 7.49. The number of aromatic hydroxyl groups is 1. The summed E-state index contributed by atoms with van der Waals surface area (Å²) in [5.74, 6) is -0.118. The van der Waals surface area contributed by atoms with Crippen molar-refractivity contribution >= 4 is 43.8 Å². The number of hydrogen-bond donors (Lipinski definition) is 2. The SMILES string of the molecule is COc1cc(C(=O)Nc2ccc(-c3cn4ccsc4n3)cc2)cc(Br)c1O. The van der Waals surface area contributed by atoms with E-state index in [2.05, 4.69) is 26.2 Å². The molecule has 0 atom stereocenters. The lowest BCUT2D eigenvalue weighted by molar-refractivity contribution is 0.102. The number of halogens is 1. The molecule has 0 radical (unpaired) electrons. The molecule has 0 unspecified atom stereocenters. The minimum atomic E-state index is -0.302. The van der Waals surface area contributed by atoms with Crippen LogP contribution in [0.4, 0.5) is 5.69 Å².